The first kappa shape index (κ1) is 12.9. The second-order valence-electron chi connectivity index (χ2n) is 5.06. The van der Waals surface area contributed by atoms with E-state index in [1.165, 1.54) is 0 Å². The lowest BCUT2D eigenvalue weighted by molar-refractivity contribution is -0.174. The summed E-state index contributed by atoms with van der Waals surface area (Å²) in [6, 6.07) is 0. The van der Waals surface area contributed by atoms with E-state index in [0.29, 0.717) is 19.0 Å². The predicted octanol–water partition coefficient (Wildman–Crippen LogP) is -0.933. The average Bonchev–Trinajstić information content (AvgIpc) is 2.85. The van der Waals surface area contributed by atoms with Gasteiger partial charge in [0.25, 0.3) is 5.95 Å². The summed E-state index contributed by atoms with van der Waals surface area (Å²) in [5.74, 6) is -2.45. The van der Waals surface area contributed by atoms with Crippen molar-refractivity contribution >= 4 is 17.9 Å². The number of fused-ring (bicyclic) bond motifs is 3. The van der Waals surface area contributed by atoms with Crippen molar-refractivity contribution in [2.24, 2.45) is 5.92 Å². The van der Waals surface area contributed by atoms with E-state index in [4.69, 9.17) is 20.1 Å². The Morgan fingerprint density at radius 2 is 2.25 bits per heavy atom. The molecule has 2 bridgehead atoms. The summed E-state index contributed by atoms with van der Waals surface area (Å²) < 4.78 is 10.1. The largest absolute Gasteiger partial charge is 0.473 e. The van der Waals surface area contributed by atoms with Gasteiger partial charge in [-0.1, -0.05) is 0 Å². The van der Waals surface area contributed by atoms with E-state index < -0.39 is 18.0 Å². The third-order valence-corrected chi connectivity index (χ3v) is 3.87. The standard InChI is InChI=1S/C11H14N4O5/c12-11-13-8(20-14-11)6-3-15-2-1-5(6)7(4-15)19-10(18)9(16)17/h5-7H,1-4H2,(H2,12,14)(H,16,17). The van der Waals surface area contributed by atoms with Gasteiger partial charge in [0.15, 0.2) is 0 Å². The Hall–Kier alpha value is -2.16. The van der Waals surface area contributed by atoms with E-state index in [-0.39, 0.29) is 17.8 Å². The van der Waals surface area contributed by atoms with Gasteiger partial charge in [-0.2, -0.15) is 4.98 Å². The number of carboxylic acids is 1. The van der Waals surface area contributed by atoms with Gasteiger partial charge in [-0.15, -0.1) is 0 Å². The van der Waals surface area contributed by atoms with Crippen LogP contribution >= 0.6 is 0 Å². The number of nitrogens with zero attached hydrogens (tertiary/aromatic N) is 3. The van der Waals surface area contributed by atoms with Gasteiger partial charge in [-0.3, -0.25) is 4.90 Å². The minimum Gasteiger partial charge on any atom is -0.473 e. The summed E-state index contributed by atoms with van der Waals surface area (Å²) in [5, 5.41) is 12.2. The molecule has 1 aromatic heterocycles. The average molecular weight is 282 g/mol. The van der Waals surface area contributed by atoms with Gasteiger partial charge in [0, 0.05) is 19.0 Å². The van der Waals surface area contributed by atoms with Crippen LogP contribution in [0.5, 0.6) is 0 Å². The minimum atomic E-state index is -1.58. The molecule has 3 saturated heterocycles. The Morgan fingerprint density at radius 1 is 1.45 bits per heavy atom. The molecule has 3 N–H and O–H groups in total. The molecule has 20 heavy (non-hydrogen) atoms. The van der Waals surface area contributed by atoms with E-state index in [2.05, 4.69) is 15.0 Å². The molecule has 108 valence electrons. The van der Waals surface area contributed by atoms with Gasteiger partial charge in [-0.25, -0.2) is 9.59 Å². The van der Waals surface area contributed by atoms with Gasteiger partial charge in [0.05, 0.1) is 5.92 Å². The van der Waals surface area contributed by atoms with E-state index in [1.807, 2.05) is 0 Å². The number of carboxylic acid groups (broad SMARTS) is 1. The molecule has 3 aliphatic heterocycles. The van der Waals surface area contributed by atoms with E-state index in [9.17, 15) is 9.59 Å². The van der Waals surface area contributed by atoms with Gasteiger partial charge >= 0.3 is 11.9 Å². The Labute approximate surface area is 113 Å². The van der Waals surface area contributed by atoms with Crippen LogP contribution in [0.25, 0.3) is 0 Å². The number of hydrogen-bond donors (Lipinski definition) is 2. The van der Waals surface area contributed by atoms with E-state index >= 15 is 0 Å². The number of nitrogen functional groups attached to an aromatic ring is 1. The smallest absolute Gasteiger partial charge is 0.417 e. The SMILES string of the molecule is Nc1noc(C2CN3CCC2C(OC(=O)C(=O)O)C3)n1. The van der Waals surface area contributed by atoms with Crippen molar-refractivity contribution in [1.82, 2.24) is 15.0 Å². The second kappa shape index (κ2) is 4.75. The summed E-state index contributed by atoms with van der Waals surface area (Å²) in [6.45, 7) is 2.13. The highest BCUT2D eigenvalue weighted by molar-refractivity contribution is 6.28. The maximum absolute atomic E-state index is 11.2. The Balaban J connectivity index is 1.78. The first-order chi connectivity index (χ1) is 9.54. The molecule has 0 spiro atoms. The highest BCUT2D eigenvalue weighted by Crippen LogP contribution is 2.39. The van der Waals surface area contributed by atoms with E-state index in [1.54, 1.807) is 0 Å². The zero-order valence-corrected chi connectivity index (χ0v) is 10.6. The molecule has 3 fully saturated rings. The fraction of sp³-hybridized carbons (Fsp3) is 0.636. The number of rotatable bonds is 2. The monoisotopic (exact) mass is 282 g/mol. The Bertz CT molecular complexity index is 545. The number of nitrogens with two attached hydrogens (primary N) is 1. The molecule has 4 atom stereocenters. The van der Waals surface area contributed by atoms with Crippen molar-refractivity contribution in [1.29, 1.82) is 0 Å². The molecule has 0 aliphatic carbocycles. The van der Waals surface area contributed by atoms with Crippen molar-refractivity contribution < 1.29 is 24.0 Å². The van der Waals surface area contributed by atoms with Crippen LogP contribution in [0, 0.1) is 5.92 Å². The number of aromatic nitrogens is 2. The van der Waals surface area contributed by atoms with E-state index in [0.717, 1.165) is 13.0 Å². The van der Waals surface area contributed by atoms with Crippen molar-refractivity contribution in [3.8, 4) is 0 Å². The lowest BCUT2D eigenvalue weighted by atomic mass is 9.77. The number of carbonyl (C=O) groups is 2. The highest BCUT2D eigenvalue weighted by Gasteiger charge is 2.46. The van der Waals surface area contributed by atoms with Gasteiger partial charge in [-0.05, 0) is 18.1 Å². The number of esters is 1. The minimum absolute atomic E-state index is 0.0249. The molecule has 9 heteroatoms. The molecule has 4 rings (SSSR count). The number of carbonyl (C=O) groups excluding carboxylic acids is 1. The molecular formula is C11H14N4O5. The quantitative estimate of drug-likeness (QED) is 0.521. The summed E-state index contributed by atoms with van der Waals surface area (Å²) in [5.41, 5.74) is 5.45. The molecule has 0 amide bonds. The molecule has 4 heterocycles. The number of aliphatic carboxylic acids is 1. The van der Waals surface area contributed by atoms with Crippen molar-refractivity contribution in [3.05, 3.63) is 5.89 Å². The molecule has 0 saturated carbocycles. The Kier molecular flexibility index (Phi) is 3.05. The maximum atomic E-state index is 11.2. The summed E-state index contributed by atoms with van der Waals surface area (Å²) >= 11 is 0. The van der Waals surface area contributed by atoms with Crippen LogP contribution in [-0.4, -0.2) is 57.8 Å². The number of hydrogen-bond acceptors (Lipinski definition) is 8. The molecule has 4 unspecified atom stereocenters. The van der Waals surface area contributed by atoms with Crippen LogP contribution < -0.4 is 5.73 Å². The lowest BCUT2D eigenvalue weighted by Crippen LogP contribution is -2.56. The molecular weight excluding hydrogens is 268 g/mol. The van der Waals surface area contributed by atoms with Crippen LogP contribution in [0.4, 0.5) is 5.95 Å². The predicted molar refractivity (Wildman–Crippen MR) is 63.5 cm³/mol. The molecule has 1 aromatic rings. The lowest BCUT2D eigenvalue weighted by Gasteiger charge is -2.47. The molecule has 0 radical (unpaired) electrons. The third-order valence-electron chi connectivity index (χ3n) is 3.87. The fourth-order valence-corrected chi connectivity index (χ4v) is 3.01. The molecule has 0 aromatic carbocycles. The molecule has 3 aliphatic rings. The number of piperidine rings is 3. The van der Waals surface area contributed by atoms with Gasteiger partial charge < -0.3 is 20.1 Å². The maximum Gasteiger partial charge on any atom is 0.417 e. The van der Waals surface area contributed by atoms with Crippen LogP contribution in [0.2, 0.25) is 0 Å². The molecule has 9 nitrogen and oxygen atoms in total. The highest BCUT2D eigenvalue weighted by atomic mass is 16.6. The zero-order chi connectivity index (χ0) is 14.3. The number of anilines is 1. The fourth-order valence-electron chi connectivity index (χ4n) is 3.01. The second-order valence-corrected chi connectivity index (χ2v) is 5.06. The summed E-state index contributed by atoms with van der Waals surface area (Å²) in [4.78, 5) is 27.9. The van der Waals surface area contributed by atoms with Crippen molar-refractivity contribution in [2.45, 2.75) is 18.4 Å². The summed E-state index contributed by atoms with van der Waals surface area (Å²) in [6.07, 6.45) is 0.309. The normalized spacial score (nSPS) is 32.0. The first-order valence-electron chi connectivity index (χ1n) is 6.30. The van der Waals surface area contributed by atoms with Crippen molar-refractivity contribution in [2.75, 3.05) is 25.4 Å². The van der Waals surface area contributed by atoms with Crippen molar-refractivity contribution in [3.63, 3.8) is 0 Å². The topological polar surface area (TPSA) is 132 Å². The van der Waals surface area contributed by atoms with Gasteiger partial charge in [0.1, 0.15) is 6.10 Å². The van der Waals surface area contributed by atoms with Crippen LogP contribution in [-0.2, 0) is 14.3 Å². The third kappa shape index (κ3) is 2.20. The van der Waals surface area contributed by atoms with Gasteiger partial charge in [0.2, 0.25) is 5.89 Å². The zero-order valence-electron chi connectivity index (χ0n) is 10.6. The number of ether oxygens (including phenoxy) is 1. The summed E-state index contributed by atoms with van der Waals surface area (Å²) in [7, 11) is 0. The van der Waals surface area contributed by atoms with Crippen LogP contribution in [0.3, 0.4) is 0 Å². The Morgan fingerprint density at radius 3 is 2.85 bits per heavy atom. The first-order valence-corrected chi connectivity index (χ1v) is 6.30. The van der Waals surface area contributed by atoms with Crippen LogP contribution in [0.1, 0.15) is 18.2 Å². The van der Waals surface area contributed by atoms with Crippen LogP contribution in [0.15, 0.2) is 4.52 Å².